The largest absolute Gasteiger partial charge is 0.384 e. The number of aromatic nitrogens is 2. The minimum absolute atomic E-state index is 0.104. The van der Waals surface area contributed by atoms with Crippen molar-refractivity contribution in [3.05, 3.63) is 22.6 Å². The van der Waals surface area contributed by atoms with E-state index in [-0.39, 0.29) is 5.56 Å². The van der Waals surface area contributed by atoms with Gasteiger partial charge in [-0.25, -0.2) is 4.68 Å². The molecule has 0 saturated heterocycles. The van der Waals surface area contributed by atoms with Gasteiger partial charge in [-0.05, 0) is 6.42 Å². The fourth-order valence-electron chi connectivity index (χ4n) is 1.15. The minimum atomic E-state index is -0.104. The first-order valence-corrected chi connectivity index (χ1v) is 5.08. The summed E-state index contributed by atoms with van der Waals surface area (Å²) in [5.41, 5.74) is 0.670. The highest BCUT2D eigenvalue weighted by Crippen LogP contribution is 1.99. The summed E-state index contributed by atoms with van der Waals surface area (Å²) in [6.45, 7) is 3.90. The van der Waals surface area contributed by atoms with Crippen LogP contribution in [0.25, 0.3) is 0 Å². The Morgan fingerprint density at radius 1 is 1.60 bits per heavy atom. The summed E-state index contributed by atoms with van der Waals surface area (Å²) in [6, 6.07) is 1.55. The Bertz CT molecular complexity index is 349. The Morgan fingerprint density at radius 2 is 2.40 bits per heavy atom. The zero-order valence-corrected chi connectivity index (χ0v) is 9.19. The first kappa shape index (κ1) is 11.7. The van der Waals surface area contributed by atoms with Gasteiger partial charge in [-0.3, -0.25) is 4.79 Å². The van der Waals surface area contributed by atoms with Gasteiger partial charge in [-0.15, -0.1) is 0 Å². The van der Waals surface area contributed by atoms with Crippen molar-refractivity contribution >= 4 is 5.69 Å². The lowest BCUT2D eigenvalue weighted by Gasteiger charge is -2.06. The number of anilines is 1. The number of rotatable bonds is 6. The van der Waals surface area contributed by atoms with E-state index in [1.54, 1.807) is 19.4 Å². The van der Waals surface area contributed by atoms with Crippen molar-refractivity contribution in [1.82, 2.24) is 9.78 Å². The van der Waals surface area contributed by atoms with Crippen molar-refractivity contribution in [2.75, 3.05) is 25.6 Å². The lowest BCUT2D eigenvalue weighted by atomic mass is 10.4. The van der Waals surface area contributed by atoms with E-state index in [0.29, 0.717) is 13.2 Å². The van der Waals surface area contributed by atoms with E-state index in [1.165, 1.54) is 4.68 Å². The molecule has 0 aromatic carbocycles. The number of nitrogens with one attached hydrogen (secondary N) is 1. The van der Waals surface area contributed by atoms with Crippen LogP contribution in [0.1, 0.15) is 13.3 Å². The number of hydrogen-bond acceptors (Lipinski definition) is 4. The van der Waals surface area contributed by atoms with Gasteiger partial charge in [0.1, 0.15) is 0 Å². The van der Waals surface area contributed by atoms with Crippen LogP contribution in [0.3, 0.4) is 0 Å². The quantitative estimate of drug-likeness (QED) is 0.753. The van der Waals surface area contributed by atoms with E-state index in [1.807, 2.05) is 0 Å². The average molecular weight is 211 g/mol. The Balaban J connectivity index is 2.66. The summed E-state index contributed by atoms with van der Waals surface area (Å²) in [4.78, 5) is 11.5. The molecule has 5 heteroatoms. The third kappa shape index (κ3) is 3.71. The average Bonchev–Trinajstić information content (AvgIpc) is 2.25. The topological polar surface area (TPSA) is 56.1 Å². The molecule has 1 aromatic rings. The van der Waals surface area contributed by atoms with Gasteiger partial charge >= 0.3 is 0 Å². The van der Waals surface area contributed by atoms with Gasteiger partial charge in [-0.1, -0.05) is 6.92 Å². The molecule has 0 fully saturated rings. The van der Waals surface area contributed by atoms with Crippen molar-refractivity contribution in [3.63, 3.8) is 0 Å². The van der Waals surface area contributed by atoms with Crippen LogP contribution < -0.4 is 10.9 Å². The van der Waals surface area contributed by atoms with E-state index in [0.717, 1.165) is 18.7 Å². The third-order valence-corrected chi connectivity index (χ3v) is 1.96. The Kier molecular flexibility index (Phi) is 4.83. The van der Waals surface area contributed by atoms with Crippen LogP contribution in [-0.2, 0) is 11.3 Å². The summed E-state index contributed by atoms with van der Waals surface area (Å²) >= 11 is 0. The smallest absolute Gasteiger partial charge is 0.268 e. The van der Waals surface area contributed by atoms with Crippen LogP contribution in [0.15, 0.2) is 17.1 Å². The molecule has 0 bridgehead atoms. The predicted molar refractivity (Wildman–Crippen MR) is 59.2 cm³/mol. The first-order chi connectivity index (χ1) is 7.27. The van der Waals surface area contributed by atoms with Crippen molar-refractivity contribution in [2.45, 2.75) is 19.9 Å². The summed E-state index contributed by atoms with van der Waals surface area (Å²) in [5, 5.41) is 7.14. The molecule has 5 nitrogen and oxygen atoms in total. The molecule has 0 atom stereocenters. The van der Waals surface area contributed by atoms with Crippen molar-refractivity contribution in [2.24, 2.45) is 0 Å². The van der Waals surface area contributed by atoms with Gasteiger partial charge in [0.2, 0.25) is 0 Å². The minimum Gasteiger partial charge on any atom is -0.384 e. The molecular formula is C10H17N3O2. The van der Waals surface area contributed by atoms with Gasteiger partial charge < -0.3 is 10.1 Å². The summed E-state index contributed by atoms with van der Waals surface area (Å²) in [5.74, 6) is 0. The zero-order valence-electron chi connectivity index (χ0n) is 9.19. The van der Waals surface area contributed by atoms with Crippen molar-refractivity contribution in [1.29, 1.82) is 0 Å². The molecule has 0 spiro atoms. The van der Waals surface area contributed by atoms with Gasteiger partial charge in [-0.2, -0.15) is 5.10 Å². The summed E-state index contributed by atoms with van der Waals surface area (Å²) < 4.78 is 6.27. The number of hydrogen-bond donors (Lipinski definition) is 1. The van der Waals surface area contributed by atoms with Crippen LogP contribution in [0.4, 0.5) is 5.69 Å². The van der Waals surface area contributed by atoms with Crippen LogP contribution in [-0.4, -0.2) is 30.0 Å². The molecule has 0 aliphatic heterocycles. The molecule has 0 aliphatic rings. The van der Waals surface area contributed by atoms with E-state index >= 15 is 0 Å². The van der Waals surface area contributed by atoms with Crippen LogP contribution in [0.2, 0.25) is 0 Å². The highest BCUT2D eigenvalue weighted by molar-refractivity contribution is 5.38. The lowest BCUT2D eigenvalue weighted by Crippen LogP contribution is -2.24. The highest BCUT2D eigenvalue weighted by Gasteiger charge is 1.98. The molecule has 84 valence electrons. The number of ether oxygens (including phenoxy) is 1. The molecule has 1 heterocycles. The van der Waals surface area contributed by atoms with Crippen LogP contribution in [0.5, 0.6) is 0 Å². The van der Waals surface area contributed by atoms with E-state index in [2.05, 4.69) is 17.3 Å². The standard InChI is InChI=1S/C10H17N3O2/c1-3-4-11-9-7-10(14)13(12-8-9)5-6-15-2/h7-8,11H,3-6H2,1-2H3. The van der Waals surface area contributed by atoms with Crippen molar-refractivity contribution < 1.29 is 4.74 Å². The molecule has 15 heavy (non-hydrogen) atoms. The Labute approximate surface area is 89.1 Å². The van der Waals surface area contributed by atoms with E-state index in [4.69, 9.17) is 4.74 Å². The van der Waals surface area contributed by atoms with Crippen LogP contribution in [0, 0.1) is 0 Å². The Hall–Kier alpha value is -1.36. The van der Waals surface area contributed by atoms with E-state index in [9.17, 15) is 4.79 Å². The molecule has 1 rings (SSSR count). The van der Waals surface area contributed by atoms with Gasteiger partial charge in [0.25, 0.3) is 5.56 Å². The van der Waals surface area contributed by atoms with Gasteiger partial charge in [0, 0.05) is 19.7 Å². The number of nitrogens with zero attached hydrogens (tertiary/aromatic N) is 2. The molecular weight excluding hydrogens is 194 g/mol. The fraction of sp³-hybridized carbons (Fsp3) is 0.600. The summed E-state index contributed by atoms with van der Waals surface area (Å²) in [7, 11) is 1.60. The molecule has 1 N–H and O–H groups in total. The molecule has 0 unspecified atom stereocenters. The normalized spacial score (nSPS) is 10.3. The maximum absolute atomic E-state index is 11.5. The molecule has 0 amide bonds. The maximum Gasteiger partial charge on any atom is 0.268 e. The van der Waals surface area contributed by atoms with Gasteiger partial charge in [0.05, 0.1) is 25.0 Å². The number of methoxy groups -OCH3 is 1. The third-order valence-electron chi connectivity index (χ3n) is 1.96. The predicted octanol–water partition coefficient (Wildman–Crippen LogP) is 0.712. The SMILES string of the molecule is CCCNc1cnn(CCOC)c(=O)c1. The molecule has 1 aromatic heterocycles. The molecule has 0 aliphatic carbocycles. The van der Waals surface area contributed by atoms with Crippen LogP contribution >= 0.6 is 0 Å². The van der Waals surface area contributed by atoms with E-state index < -0.39 is 0 Å². The first-order valence-electron chi connectivity index (χ1n) is 5.08. The second-order valence-corrected chi connectivity index (χ2v) is 3.23. The Morgan fingerprint density at radius 3 is 3.00 bits per heavy atom. The highest BCUT2D eigenvalue weighted by atomic mass is 16.5. The lowest BCUT2D eigenvalue weighted by molar-refractivity contribution is 0.182. The monoisotopic (exact) mass is 211 g/mol. The maximum atomic E-state index is 11.5. The van der Waals surface area contributed by atoms with Gasteiger partial charge in [0.15, 0.2) is 0 Å². The van der Waals surface area contributed by atoms with Crippen molar-refractivity contribution in [3.8, 4) is 0 Å². The molecule has 0 radical (unpaired) electrons. The fourth-order valence-corrected chi connectivity index (χ4v) is 1.15. The second kappa shape index (κ2) is 6.19. The zero-order chi connectivity index (χ0) is 11.1. The summed E-state index contributed by atoms with van der Waals surface area (Å²) in [6.07, 6.45) is 2.68. The molecule has 0 saturated carbocycles. The second-order valence-electron chi connectivity index (χ2n) is 3.23.